The molecule has 21 heavy (non-hydrogen) atoms. The number of carboxylic acids is 1. The Morgan fingerprint density at radius 1 is 1.38 bits per heavy atom. The van der Waals surface area contributed by atoms with Crippen molar-refractivity contribution in [2.45, 2.75) is 12.8 Å². The zero-order valence-corrected chi connectivity index (χ0v) is 11.2. The van der Waals surface area contributed by atoms with Crippen LogP contribution in [0.4, 0.5) is 0 Å². The monoisotopic (exact) mass is 286 g/mol. The first-order chi connectivity index (χ1) is 10.1. The fourth-order valence-corrected chi connectivity index (χ4v) is 2.06. The van der Waals surface area contributed by atoms with Gasteiger partial charge in [0.1, 0.15) is 5.69 Å². The van der Waals surface area contributed by atoms with Gasteiger partial charge in [0.05, 0.1) is 11.1 Å². The van der Waals surface area contributed by atoms with Crippen LogP contribution in [-0.4, -0.2) is 38.3 Å². The van der Waals surface area contributed by atoms with Crippen LogP contribution in [0.25, 0.3) is 5.69 Å². The second-order valence-electron chi connectivity index (χ2n) is 5.12. The molecule has 7 nitrogen and oxygen atoms in total. The predicted octanol–water partition coefficient (Wildman–Crippen LogP) is 0.862. The molecule has 0 spiro atoms. The summed E-state index contributed by atoms with van der Waals surface area (Å²) in [4.78, 5) is 27.1. The van der Waals surface area contributed by atoms with Crippen molar-refractivity contribution in [3.63, 3.8) is 0 Å². The van der Waals surface area contributed by atoms with Crippen molar-refractivity contribution < 1.29 is 14.7 Å². The molecule has 0 aromatic carbocycles. The van der Waals surface area contributed by atoms with Crippen LogP contribution >= 0.6 is 0 Å². The number of pyridine rings is 1. The molecule has 108 valence electrons. The molecule has 0 unspecified atom stereocenters. The fraction of sp³-hybridized carbons (Fsp3) is 0.286. The number of hydrogen-bond acceptors (Lipinski definition) is 4. The molecule has 1 amide bonds. The lowest BCUT2D eigenvalue weighted by Gasteiger charge is -2.11. The third-order valence-electron chi connectivity index (χ3n) is 3.64. The molecule has 0 saturated heterocycles. The lowest BCUT2D eigenvalue weighted by Crippen LogP contribution is -2.34. The second-order valence-corrected chi connectivity index (χ2v) is 5.12. The Hall–Kier alpha value is -2.70. The highest BCUT2D eigenvalue weighted by molar-refractivity contribution is 5.93. The molecular formula is C14H14N4O3. The van der Waals surface area contributed by atoms with Crippen molar-refractivity contribution >= 4 is 11.9 Å². The van der Waals surface area contributed by atoms with Gasteiger partial charge in [0.2, 0.25) is 0 Å². The summed E-state index contributed by atoms with van der Waals surface area (Å²) in [5.74, 6) is -1.24. The largest absolute Gasteiger partial charge is 0.481 e. The SMILES string of the molecule is O=C(NCC1(C(=O)O)CC1)c1cc(-n2cccn2)ccn1. The Bertz CT molecular complexity index is 677. The Morgan fingerprint density at radius 2 is 2.19 bits per heavy atom. The van der Waals surface area contributed by atoms with Crippen LogP contribution < -0.4 is 5.32 Å². The van der Waals surface area contributed by atoms with E-state index in [9.17, 15) is 9.59 Å². The van der Waals surface area contributed by atoms with E-state index in [1.165, 1.54) is 6.20 Å². The van der Waals surface area contributed by atoms with E-state index in [0.29, 0.717) is 12.8 Å². The van der Waals surface area contributed by atoms with Gasteiger partial charge in [-0.3, -0.25) is 14.6 Å². The highest BCUT2D eigenvalue weighted by Gasteiger charge is 2.50. The Kier molecular flexibility index (Phi) is 3.17. The zero-order chi connectivity index (χ0) is 14.9. The molecule has 1 aliphatic rings. The molecule has 1 aliphatic carbocycles. The van der Waals surface area contributed by atoms with Crippen LogP contribution in [0, 0.1) is 5.41 Å². The van der Waals surface area contributed by atoms with E-state index in [-0.39, 0.29) is 18.1 Å². The maximum atomic E-state index is 12.1. The average Bonchev–Trinajstić information content (AvgIpc) is 3.09. The van der Waals surface area contributed by atoms with Crippen LogP contribution in [-0.2, 0) is 4.79 Å². The van der Waals surface area contributed by atoms with Crippen LogP contribution in [0.1, 0.15) is 23.3 Å². The Labute approximate surface area is 120 Å². The van der Waals surface area contributed by atoms with Crippen molar-refractivity contribution in [3.8, 4) is 5.69 Å². The van der Waals surface area contributed by atoms with Gasteiger partial charge in [-0.25, -0.2) is 4.68 Å². The van der Waals surface area contributed by atoms with E-state index >= 15 is 0 Å². The number of nitrogens with zero attached hydrogens (tertiary/aromatic N) is 3. The van der Waals surface area contributed by atoms with E-state index in [2.05, 4.69) is 15.4 Å². The van der Waals surface area contributed by atoms with Gasteiger partial charge in [-0.1, -0.05) is 0 Å². The summed E-state index contributed by atoms with van der Waals surface area (Å²) in [6.45, 7) is 0.134. The van der Waals surface area contributed by atoms with Crippen molar-refractivity contribution in [1.82, 2.24) is 20.1 Å². The van der Waals surface area contributed by atoms with Crippen molar-refractivity contribution in [2.75, 3.05) is 6.54 Å². The topological polar surface area (TPSA) is 97.1 Å². The van der Waals surface area contributed by atoms with Crippen LogP contribution in [0.15, 0.2) is 36.8 Å². The number of carbonyl (C=O) groups excluding carboxylic acids is 1. The van der Waals surface area contributed by atoms with E-state index in [1.54, 1.807) is 35.3 Å². The summed E-state index contributed by atoms with van der Waals surface area (Å²) < 4.78 is 1.62. The maximum Gasteiger partial charge on any atom is 0.311 e. The minimum absolute atomic E-state index is 0.134. The van der Waals surface area contributed by atoms with Crippen molar-refractivity contribution in [1.29, 1.82) is 0 Å². The summed E-state index contributed by atoms with van der Waals surface area (Å²) in [6, 6.07) is 5.13. The minimum Gasteiger partial charge on any atom is -0.481 e. The lowest BCUT2D eigenvalue weighted by atomic mass is 10.1. The summed E-state index contributed by atoms with van der Waals surface area (Å²) in [6.07, 6.45) is 6.13. The first kappa shape index (κ1) is 13.3. The van der Waals surface area contributed by atoms with E-state index in [0.717, 1.165) is 5.69 Å². The molecule has 1 saturated carbocycles. The first-order valence-corrected chi connectivity index (χ1v) is 6.58. The van der Waals surface area contributed by atoms with E-state index in [4.69, 9.17) is 5.11 Å². The fourth-order valence-electron chi connectivity index (χ4n) is 2.06. The second kappa shape index (κ2) is 5.01. The van der Waals surface area contributed by atoms with Crippen molar-refractivity contribution in [3.05, 3.63) is 42.5 Å². The normalized spacial score (nSPS) is 15.4. The average molecular weight is 286 g/mol. The van der Waals surface area contributed by atoms with Crippen LogP contribution in [0.5, 0.6) is 0 Å². The highest BCUT2D eigenvalue weighted by Crippen LogP contribution is 2.45. The van der Waals surface area contributed by atoms with Crippen LogP contribution in [0.3, 0.4) is 0 Å². The molecule has 2 aromatic rings. The third-order valence-corrected chi connectivity index (χ3v) is 3.64. The number of hydrogen-bond donors (Lipinski definition) is 2. The number of carboxylic acid groups (broad SMARTS) is 1. The maximum absolute atomic E-state index is 12.1. The highest BCUT2D eigenvalue weighted by atomic mass is 16.4. The van der Waals surface area contributed by atoms with Crippen LogP contribution in [0.2, 0.25) is 0 Å². The molecule has 0 aliphatic heterocycles. The van der Waals surface area contributed by atoms with Gasteiger partial charge in [-0.15, -0.1) is 0 Å². The molecule has 7 heteroatoms. The van der Waals surface area contributed by atoms with Gasteiger partial charge in [-0.05, 0) is 31.0 Å². The predicted molar refractivity (Wildman–Crippen MR) is 73.0 cm³/mol. The molecule has 3 rings (SSSR count). The van der Waals surface area contributed by atoms with Gasteiger partial charge in [0.15, 0.2) is 0 Å². The Balaban J connectivity index is 1.71. The number of aromatic nitrogens is 3. The number of rotatable bonds is 5. The number of carbonyl (C=O) groups is 2. The molecule has 0 atom stereocenters. The summed E-state index contributed by atoms with van der Waals surface area (Å²) >= 11 is 0. The molecule has 1 fully saturated rings. The summed E-state index contributed by atoms with van der Waals surface area (Å²) in [5.41, 5.74) is 0.179. The standard InChI is InChI=1S/C14H14N4O3/c19-12(16-9-14(3-4-14)13(20)21)11-8-10(2-6-15-11)18-7-1-5-17-18/h1-2,5-8H,3-4,9H2,(H,16,19)(H,20,21). The first-order valence-electron chi connectivity index (χ1n) is 6.58. The molecule has 0 radical (unpaired) electrons. The third kappa shape index (κ3) is 2.62. The minimum atomic E-state index is -0.860. The summed E-state index contributed by atoms with van der Waals surface area (Å²) in [7, 11) is 0. The zero-order valence-electron chi connectivity index (χ0n) is 11.2. The van der Waals surface area contributed by atoms with Crippen molar-refractivity contribution in [2.24, 2.45) is 5.41 Å². The van der Waals surface area contributed by atoms with E-state index in [1.807, 2.05) is 0 Å². The number of amides is 1. The number of aliphatic carboxylic acids is 1. The molecule has 2 aromatic heterocycles. The van der Waals surface area contributed by atoms with Gasteiger partial charge in [-0.2, -0.15) is 5.10 Å². The Morgan fingerprint density at radius 3 is 2.81 bits per heavy atom. The molecule has 2 heterocycles. The quantitative estimate of drug-likeness (QED) is 0.849. The smallest absolute Gasteiger partial charge is 0.311 e. The number of nitrogens with one attached hydrogen (secondary N) is 1. The van der Waals surface area contributed by atoms with E-state index < -0.39 is 11.4 Å². The molecular weight excluding hydrogens is 272 g/mol. The summed E-state index contributed by atoms with van der Waals surface area (Å²) in [5, 5.41) is 15.8. The molecule has 2 N–H and O–H groups in total. The lowest BCUT2D eigenvalue weighted by molar-refractivity contribution is -0.143. The van der Waals surface area contributed by atoms with Gasteiger partial charge < -0.3 is 10.4 Å². The molecule has 0 bridgehead atoms. The van der Waals surface area contributed by atoms with Gasteiger partial charge in [0.25, 0.3) is 5.91 Å². The van der Waals surface area contributed by atoms with Gasteiger partial charge in [0, 0.05) is 25.1 Å². The van der Waals surface area contributed by atoms with Gasteiger partial charge >= 0.3 is 5.97 Å².